The molecule has 0 bridgehead atoms. The molecule has 1 unspecified atom stereocenters. The van der Waals surface area contributed by atoms with Crippen LogP contribution < -0.4 is 4.74 Å². The Kier molecular flexibility index (Phi) is 1.96. The summed E-state index contributed by atoms with van der Waals surface area (Å²) in [5.41, 5.74) is 0.993. The van der Waals surface area contributed by atoms with Crippen LogP contribution >= 0.6 is 0 Å². The van der Waals surface area contributed by atoms with Crippen LogP contribution in [0.4, 0.5) is 0 Å². The van der Waals surface area contributed by atoms with Crippen molar-refractivity contribution in [1.82, 2.24) is 0 Å². The van der Waals surface area contributed by atoms with Gasteiger partial charge in [-0.25, -0.2) is 0 Å². The van der Waals surface area contributed by atoms with E-state index in [-0.39, 0.29) is 16.7 Å². The van der Waals surface area contributed by atoms with Crippen molar-refractivity contribution in [3.05, 3.63) is 45.6 Å². The van der Waals surface area contributed by atoms with Crippen molar-refractivity contribution >= 4 is 6.08 Å². The average Bonchev–Trinajstić information content (AvgIpc) is 3.11. The van der Waals surface area contributed by atoms with Crippen LogP contribution in [0.15, 0.2) is 30.0 Å². The van der Waals surface area contributed by atoms with Gasteiger partial charge in [0.15, 0.2) is 6.10 Å². The third-order valence-corrected chi connectivity index (χ3v) is 3.03. The molecule has 16 heavy (non-hydrogen) atoms. The van der Waals surface area contributed by atoms with Crippen molar-refractivity contribution in [3.8, 4) is 5.75 Å². The van der Waals surface area contributed by atoms with Gasteiger partial charge in [0.1, 0.15) is 5.75 Å². The van der Waals surface area contributed by atoms with E-state index in [0.717, 1.165) is 24.2 Å². The Hall–Kier alpha value is -1.84. The van der Waals surface area contributed by atoms with Crippen molar-refractivity contribution in [2.75, 3.05) is 0 Å². The van der Waals surface area contributed by atoms with Crippen LogP contribution in [-0.2, 0) is 0 Å². The lowest BCUT2D eigenvalue weighted by molar-refractivity contribution is -0.434. The molecule has 0 N–H and O–H groups in total. The quantitative estimate of drug-likeness (QED) is 0.564. The molecular weight excluding hydrogens is 206 g/mol. The van der Waals surface area contributed by atoms with Crippen LogP contribution in [0.2, 0.25) is 0 Å². The highest BCUT2D eigenvalue weighted by Gasteiger charge is 2.43. The Labute approximate surface area is 92.7 Å². The van der Waals surface area contributed by atoms with Gasteiger partial charge in [-0.05, 0) is 18.9 Å². The van der Waals surface area contributed by atoms with Gasteiger partial charge in [0.05, 0.1) is 4.92 Å². The van der Waals surface area contributed by atoms with Gasteiger partial charge in [0.25, 0.3) is 5.70 Å². The number of hydrogen-bond acceptors (Lipinski definition) is 3. The van der Waals surface area contributed by atoms with Gasteiger partial charge in [0, 0.05) is 17.6 Å². The minimum Gasteiger partial charge on any atom is -0.478 e. The van der Waals surface area contributed by atoms with E-state index in [9.17, 15) is 10.1 Å². The number of rotatable bonds is 2. The molecule has 1 aliphatic carbocycles. The molecule has 1 aromatic carbocycles. The Bertz CT molecular complexity index is 477. The van der Waals surface area contributed by atoms with E-state index in [1.54, 1.807) is 6.08 Å². The first-order chi connectivity index (χ1) is 7.75. The Morgan fingerprint density at radius 2 is 2.06 bits per heavy atom. The van der Waals surface area contributed by atoms with E-state index < -0.39 is 0 Å². The second-order valence-corrected chi connectivity index (χ2v) is 4.24. The highest BCUT2D eigenvalue weighted by molar-refractivity contribution is 5.61. The maximum absolute atomic E-state index is 11.0. The molecule has 0 radical (unpaired) electrons. The normalized spacial score (nSPS) is 23.0. The Morgan fingerprint density at radius 1 is 1.31 bits per heavy atom. The molecule has 0 amide bonds. The van der Waals surface area contributed by atoms with Crippen molar-refractivity contribution in [2.45, 2.75) is 18.9 Å². The maximum Gasteiger partial charge on any atom is 0.287 e. The zero-order valence-electron chi connectivity index (χ0n) is 8.63. The first-order valence-electron chi connectivity index (χ1n) is 5.37. The molecule has 1 atom stereocenters. The van der Waals surface area contributed by atoms with Crippen LogP contribution in [0.5, 0.6) is 5.75 Å². The van der Waals surface area contributed by atoms with E-state index in [2.05, 4.69) is 0 Å². The van der Waals surface area contributed by atoms with Gasteiger partial charge in [-0.1, -0.05) is 18.2 Å². The number of para-hydroxylation sites is 1. The van der Waals surface area contributed by atoms with Gasteiger partial charge in [-0.15, -0.1) is 0 Å². The molecule has 0 saturated heterocycles. The summed E-state index contributed by atoms with van der Waals surface area (Å²) in [7, 11) is 0. The summed E-state index contributed by atoms with van der Waals surface area (Å²) in [6, 6.07) is 7.43. The van der Waals surface area contributed by atoms with Crippen molar-refractivity contribution < 1.29 is 9.66 Å². The van der Waals surface area contributed by atoms with Gasteiger partial charge in [0.2, 0.25) is 0 Å². The molecule has 1 aliphatic heterocycles. The third-order valence-electron chi connectivity index (χ3n) is 3.03. The minimum atomic E-state index is -0.357. The molecule has 4 heteroatoms. The Morgan fingerprint density at radius 3 is 2.75 bits per heavy atom. The van der Waals surface area contributed by atoms with Gasteiger partial charge < -0.3 is 4.74 Å². The summed E-state index contributed by atoms with van der Waals surface area (Å²) in [6.45, 7) is 0. The van der Waals surface area contributed by atoms with Crippen LogP contribution in [0.1, 0.15) is 18.4 Å². The second kappa shape index (κ2) is 3.33. The summed E-state index contributed by atoms with van der Waals surface area (Å²) in [4.78, 5) is 10.6. The summed E-state index contributed by atoms with van der Waals surface area (Å²) in [5, 5.41) is 11.0. The average molecular weight is 217 g/mol. The second-order valence-electron chi connectivity index (χ2n) is 4.24. The molecule has 1 heterocycles. The zero-order valence-corrected chi connectivity index (χ0v) is 8.63. The van der Waals surface area contributed by atoms with Crippen molar-refractivity contribution in [3.63, 3.8) is 0 Å². The summed E-state index contributed by atoms with van der Waals surface area (Å²) in [5.74, 6) is 1.08. The fourth-order valence-corrected chi connectivity index (χ4v) is 2.04. The largest absolute Gasteiger partial charge is 0.478 e. The third kappa shape index (κ3) is 1.46. The van der Waals surface area contributed by atoms with Gasteiger partial charge in [-0.3, -0.25) is 10.1 Å². The Balaban J connectivity index is 2.04. The summed E-state index contributed by atoms with van der Waals surface area (Å²) in [6.07, 6.45) is 3.34. The maximum atomic E-state index is 11.0. The predicted octanol–water partition coefficient (Wildman–Crippen LogP) is 2.48. The molecule has 82 valence electrons. The van der Waals surface area contributed by atoms with E-state index >= 15 is 0 Å². The van der Waals surface area contributed by atoms with E-state index in [1.807, 2.05) is 24.3 Å². The lowest BCUT2D eigenvalue weighted by atomic mass is 10.0. The molecule has 3 rings (SSSR count). The highest BCUT2D eigenvalue weighted by Crippen LogP contribution is 2.41. The lowest BCUT2D eigenvalue weighted by Crippen LogP contribution is -2.28. The number of fused-ring (bicyclic) bond motifs is 1. The predicted molar refractivity (Wildman–Crippen MR) is 58.6 cm³/mol. The molecule has 1 saturated carbocycles. The first-order valence-corrected chi connectivity index (χ1v) is 5.37. The van der Waals surface area contributed by atoms with Gasteiger partial charge >= 0.3 is 0 Å². The molecule has 0 spiro atoms. The minimum absolute atomic E-state index is 0.196. The first kappa shape index (κ1) is 9.39. The highest BCUT2D eigenvalue weighted by atomic mass is 16.6. The molecule has 0 aromatic heterocycles. The zero-order chi connectivity index (χ0) is 11.1. The van der Waals surface area contributed by atoms with E-state index in [4.69, 9.17) is 4.74 Å². The summed E-state index contributed by atoms with van der Waals surface area (Å²) >= 11 is 0. The van der Waals surface area contributed by atoms with Crippen molar-refractivity contribution in [1.29, 1.82) is 0 Å². The molecule has 1 fully saturated rings. The molecule has 1 aromatic rings. The van der Waals surface area contributed by atoms with E-state index in [0.29, 0.717) is 5.92 Å². The standard InChI is InChI=1S/C12H11NO3/c14-13(15)10-7-9-3-1-2-4-11(9)16-12(10)8-5-6-8/h1-4,7-8,12H,5-6H2. The van der Waals surface area contributed by atoms with Crippen LogP contribution in [-0.4, -0.2) is 11.0 Å². The fourth-order valence-electron chi connectivity index (χ4n) is 2.04. The van der Waals surface area contributed by atoms with E-state index in [1.165, 1.54) is 0 Å². The smallest absolute Gasteiger partial charge is 0.287 e. The number of ether oxygens (including phenoxy) is 1. The molecule has 2 aliphatic rings. The van der Waals surface area contributed by atoms with Gasteiger partial charge in [-0.2, -0.15) is 0 Å². The number of nitrogens with zero attached hydrogens (tertiary/aromatic N) is 1. The SMILES string of the molecule is O=[N+]([O-])C1=Cc2ccccc2OC1C1CC1. The van der Waals surface area contributed by atoms with Crippen LogP contribution in [0.3, 0.4) is 0 Å². The fraction of sp³-hybridized carbons (Fsp3) is 0.333. The van der Waals surface area contributed by atoms with Crippen LogP contribution in [0, 0.1) is 16.0 Å². The molecule has 4 nitrogen and oxygen atoms in total. The number of hydrogen-bond donors (Lipinski definition) is 0. The summed E-state index contributed by atoms with van der Waals surface area (Å²) < 4.78 is 5.72. The number of benzene rings is 1. The topological polar surface area (TPSA) is 52.4 Å². The van der Waals surface area contributed by atoms with Crippen LogP contribution in [0.25, 0.3) is 6.08 Å². The lowest BCUT2D eigenvalue weighted by Gasteiger charge is -2.21. The number of nitro groups is 1. The van der Waals surface area contributed by atoms with Crippen molar-refractivity contribution in [2.24, 2.45) is 5.92 Å². The molecular formula is C12H11NO3. The monoisotopic (exact) mass is 217 g/mol.